The molecule has 3 nitrogen and oxygen atoms in total. The number of carbonyl (C=O) groups is 2. The molecule has 3 aliphatic heterocycles. The monoisotopic (exact) mass is 703 g/mol. The Morgan fingerprint density at radius 1 is 0.743 bits per heavy atom. The second-order valence-corrected chi connectivity index (χ2v) is 16.3. The van der Waals surface area contributed by atoms with Crippen LogP contribution in [0.2, 0.25) is 10.0 Å². The second-order valence-electron chi connectivity index (χ2n) is 8.01. The molecule has 2 amide bonds. The van der Waals surface area contributed by atoms with Gasteiger partial charge < -0.3 is 0 Å². The van der Waals surface area contributed by atoms with Crippen molar-refractivity contribution in [1.29, 1.82) is 0 Å². The molecule has 0 saturated carbocycles. The highest BCUT2D eigenvalue weighted by Gasteiger charge is 2.51. The molecule has 0 bridgehead atoms. The molecule has 2 aromatic heterocycles. The first-order valence-electron chi connectivity index (χ1n) is 10.4. The predicted octanol–water partition coefficient (Wildman–Crippen LogP) is 9.08. The number of para-hydroxylation sites is 1. The van der Waals surface area contributed by atoms with Gasteiger partial charge in [0, 0.05) is 20.9 Å². The largest absolute Gasteiger partial charge is 0.269 e. The van der Waals surface area contributed by atoms with Gasteiger partial charge in [-0.1, -0.05) is 53.6 Å². The average molecular weight is 706 g/mol. The van der Waals surface area contributed by atoms with Crippen molar-refractivity contribution < 1.29 is 9.59 Å². The Morgan fingerprint density at radius 2 is 1.20 bits per heavy atom. The van der Waals surface area contributed by atoms with Gasteiger partial charge in [0.1, 0.15) is 0 Å². The first-order chi connectivity index (χ1) is 16.8. The van der Waals surface area contributed by atoms with E-state index in [0.29, 0.717) is 26.9 Å². The quantitative estimate of drug-likeness (QED) is 0.255. The molecule has 1 saturated heterocycles. The first-order valence-corrected chi connectivity index (χ1v) is 16.3. The van der Waals surface area contributed by atoms with Gasteiger partial charge in [0.15, 0.2) is 0 Å². The van der Waals surface area contributed by atoms with Crippen LogP contribution in [-0.2, 0) is 9.59 Å². The highest BCUT2D eigenvalue weighted by Crippen LogP contribution is 2.59. The van der Waals surface area contributed by atoms with Crippen LogP contribution in [0.3, 0.4) is 0 Å². The standard InChI is InChI=1S/C24H13Br2Cl2NO2S4/c25-17-8-13(27)21(34-17)15-6-11-19(32-15)20-12(7-16(33-20)22-14(28)9-18(26)35-22)24(31)29(23(11)30)10-4-2-1-3-5-10/h1-9,15-16,19-20H. The van der Waals surface area contributed by atoms with Gasteiger partial charge >= 0.3 is 0 Å². The van der Waals surface area contributed by atoms with Crippen molar-refractivity contribution in [2.24, 2.45) is 0 Å². The Balaban J connectivity index is 1.47. The number of imide groups is 1. The molecule has 11 heteroatoms. The molecule has 6 rings (SSSR count). The SMILES string of the molecule is O=C1C2=CC(c3sc(Br)cc3Cl)SC2C2SC(c3sc(Br)cc3Cl)C=C2C(=O)N1c1ccccc1. The van der Waals surface area contributed by atoms with E-state index in [1.807, 2.05) is 42.5 Å². The number of rotatable bonds is 3. The second kappa shape index (κ2) is 9.66. The number of nitrogens with zero attached hydrogens (tertiary/aromatic N) is 1. The summed E-state index contributed by atoms with van der Waals surface area (Å²) in [5.41, 5.74) is 1.87. The minimum Gasteiger partial charge on any atom is -0.269 e. The summed E-state index contributed by atoms with van der Waals surface area (Å²) in [6.07, 6.45) is 3.99. The summed E-state index contributed by atoms with van der Waals surface area (Å²) in [6, 6.07) is 12.9. The highest BCUT2D eigenvalue weighted by molar-refractivity contribution is 9.11. The maximum atomic E-state index is 13.9. The summed E-state index contributed by atoms with van der Waals surface area (Å²) in [4.78, 5) is 31.1. The highest BCUT2D eigenvalue weighted by atomic mass is 79.9. The summed E-state index contributed by atoms with van der Waals surface area (Å²) >= 11 is 26.6. The van der Waals surface area contributed by atoms with Crippen LogP contribution < -0.4 is 4.90 Å². The molecule has 3 aliphatic rings. The Kier molecular flexibility index (Phi) is 6.84. The van der Waals surface area contributed by atoms with Gasteiger partial charge in [0.25, 0.3) is 11.8 Å². The molecule has 178 valence electrons. The van der Waals surface area contributed by atoms with Crippen molar-refractivity contribution in [1.82, 2.24) is 0 Å². The minimum absolute atomic E-state index is 0.0612. The van der Waals surface area contributed by atoms with Crippen LogP contribution in [0.15, 0.2) is 73.3 Å². The predicted molar refractivity (Wildman–Crippen MR) is 157 cm³/mol. The number of thioether (sulfide) groups is 2. The van der Waals surface area contributed by atoms with E-state index in [9.17, 15) is 9.59 Å². The Bertz CT molecular complexity index is 1350. The number of hydrogen-bond donors (Lipinski definition) is 0. The van der Waals surface area contributed by atoms with E-state index in [4.69, 9.17) is 23.2 Å². The Morgan fingerprint density at radius 3 is 1.60 bits per heavy atom. The van der Waals surface area contributed by atoms with Crippen molar-refractivity contribution in [2.75, 3.05) is 4.90 Å². The van der Waals surface area contributed by atoms with Gasteiger partial charge in [-0.3, -0.25) is 9.59 Å². The number of carbonyl (C=O) groups excluding carboxylic acids is 2. The molecule has 1 fully saturated rings. The van der Waals surface area contributed by atoms with Crippen LogP contribution in [0.25, 0.3) is 0 Å². The van der Waals surface area contributed by atoms with Crippen LogP contribution in [0.5, 0.6) is 0 Å². The minimum atomic E-state index is -0.266. The van der Waals surface area contributed by atoms with Crippen molar-refractivity contribution in [3.05, 3.63) is 93.1 Å². The number of benzene rings is 1. The topological polar surface area (TPSA) is 37.4 Å². The molecule has 0 spiro atoms. The van der Waals surface area contributed by atoms with Crippen LogP contribution in [0, 0.1) is 0 Å². The zero-order valence-corrected chi connectivity index (χ0v) is 25.4. The number of anilines is 1. The molecular weight excluding hydrogens is 693 g/mol. The molecule has 1 aromatic carbocycles. The molecule has 3 aromatic rings. The van der Waals surface area contributed by atoms with E-state index < -0.39 is 0 Å². The van der Waals surface area contributed by atoms with Gasteiger partial charge in [0.2, 0.25) is 0 Å². The first kappa shape index (κ1) is 24.8. The number of fused-ring (bicyclic) bond motifs is 3. The van der Waals surface area contributed by atoms with E-state index >= 15 is 0 Å². The molecule has 0 aliphatic carbocycles. The zero-order chi connectivity index (χ0) is 24.4. The van der Waals surface area contributed by atoms with Crippen molar-refractivity contribution >= 4 is 119 Å². The van der Waals surface area contributed by atoms with Crippen LogP contribution in [0.1, 0.15) is 20.3 Å². The van der Waals surface area contributed by atoms with E-state index in [1.165, 1.54) is 4.90 Å². The Labute approximate surface area is 245 Å². The molecule has 4 unspecified atom stereocenters. The van der Waals surface area contributed by atoms with Gasteiger partial charge in [-0.2, -0.15) is 0 Å². The third kappa shape index (κ3) is 4.34. The van der Waals surface area contributed by atoms with Crippen LogP contribution in [-0.4, -0.2) is 22.3 Å². The lowest BCUT2D eigenvalue weighted by Crippen LogP contribution is -2.37. The average Bonchev–Trinajstić information content (AvgIpc) is 3.58. The fourth-order valence-electron chi connectivity index (χ4n) is 4.44. The van der Waals surface area contributed by atoms with Gasteiger partial charge in [-0.25, -0.2) is 4.90 Å². The number of thiophene rings is 2. The van der Waals surface area contributed by atoms with Crippen molar-refractivity contribution in [3.63, 3.8) is 0 Å². The number of halogens is 4. The molecule has 4 atom stereocenters. The lowest BCUT2D eigenvalue weighted by atomic mass is 10.0. The molecular formula is C24H13Br2Cl2NO2S4. The van der Waals surface area contributed by atoms with Gasteiger partial charge in [-0.15, -0.1) is 46.2 Å². The summed E-state index contributed by atoms with van der Waals surface area (Å²) in [5.74, 6) is -0.533. The van der Waals surface area contributed by atoms with Crippen molar-refractivity contribution in [2.45, 2.75) is 21.0 Å². The van der Waals surface area contributed by atoms with Gasteiger partial charge in [-0.05, 0) is 56.1 Å². The zero-order valence-electron chi connectivity index (χ0n) is 17.4. The fourth-order valence-corrected chi connectivity index (χ4v) is 12.4. The van der Waals surface area contributed by atoms with Gasteiger partial charge in [0.05, 0.1) is 44.3 Å². The molecule has 35 heavy (non-hydrogen) atoms. The van der Waals surface area contributed by atoms with Crippen LogP contribution in [0.4, 0.5) is 5.69 Å². The normalized spacial score (nSPS) is 25.9. The lowest BCUT2D eigenvalue weighted by Gasteiger charge is -2.21. The summed E-state index contributed by atoms with van der Waals surface area (Å²) in [5, 5.41) is 0.886. The summed E-state index contributed by atoms with van der Waals surface area (Å²) in [7, 11) is 0. The van der Waals surface area contributed by atoms with E-state index in [1.54, 1.807) is 58.3 Å². The Hall–Kier alpha value is -0.520. The molecule has 0 radical (unpaired) electrons. The fraction of sp³-hybridized carbons (Fsp3) is 0.167. The lowest BCUT2D eigenvalue weighted by molar-refractivity contribution is -0.122. The maximum absolute atomic E-state index is 13.9. The third-order valence-electron chi connectivity index (χ3n) is 5.93. The van der Waals surface area contributed by atoms with Crippen LogP contribution >= 0.6 is 101 Å². The molecule has 5 heterocycles. The summed E-state index contributed by atoms with van der Waals surface area (Å²) in [6.45, 7) is 0. The number of hydrogen-bond acceptors (Lipinski definition) is 6. The molecule has 0 N–H and O–H groups in total. The smallest absolute Gasteiger partial charge is 0.262 e. The summed E-state index contributed by atoms with van der Waals surface area (Å²) < 4.78 is 1.90. The third-order valence-corrected chi connectivity index (χ3v) is 13.7. The number of amides is 2. The van der Waals surface area contributed by atoms with E-state index in [0.717, 1.165) is 17.3 Å². The van der Waals surface area contributed by atoms with Crippen molar-refractivity contribution in [3.8, 4) is 0 Å². The maximum Gasteiger partial charge on any atom is 0.262 e. The van der Waals surface area contributed by atoms with E-state index in [-0.39, 0.29) is 32.8 Å². The van der Waals surface area contributed by atoms with E-state index in [2.05, 4.69) is 31.9 Å².